The number of rotatable bonds is 3. The fourth-order valence-electron chi connectivity index (χ4n) is 4.77. The molecule has 1 aliphatic heterocycles. The van der Waals surface area contributed by atoms with Crippen molar-refractivity contribution in [3.05, 3.63) is 53.5 Å². The molecule has 5 nitrogen and oxygen atoms in total. The maximum Gasteiger partial charge on any atom is 0.132 e. The number of nitrogens with zero attached hydrogens (tertiary/aromatic N) is 4. The summed E-state index contributed by atoms with van der Waals surface area (Å²) in [5.74, 6) is 1.62. The van der Waals surface area contributed by atoms with Crippen molar-refractivity contribution in [1.29, 1.82) is 0 Å². The summed E-state index contributed by atoms with van der Waals surface area (Å²) >= 11 is 0. The quantitative estimate of drug-likeness (QED) is 0.825. The highest BCUT2D eigenvalue weighted by molar-refractivity contribution is 5.85. The molecule has 5 rings (SSSR count). The summed E-state index contributed by atoms with van der Waals surface area (Å²) in [7, 11) is 0. The van der Waals surface area contributed by atoms with E-state index in [-0.39, 0.29) is 24.8 Å². The Labute approximate surface area is 179 Å². The van der Waals surface area contributed by atoms with Crippen LogP contribution in [0.1, 0.15) is 35.6 Å². The molecule has 1 aromatic carbocycles. The Hall–Kier alpha value is -1.40. The molecular weight excluding hydrogens is 393 g/mol. The summed E-state index contributed by atoms with van der Waals surface area (Å²) in [6.07, 6.45) is 6.26. The Morgan fingerprint density at radius 2 is 1.54 bits per heavy atom. The average Bonchev–Trinajstić information content (AvgIpc) is 3.10. The number of fused-ring (bicyclic) bond motifs is 1. The van der Waals surface area contributed by atoms with Gasteiger partial charge in [0.2, 0.25) is 0 Å². The monoisotopic (exact) mass is 421 g/mol. The first-order valence-corrected chi connectivity index (χ1v) is 9.89. The van der Waals surface area contributed by atoms with Crippen LogP contribution in [0.3, 0.4) is 0 Å². The predicted octanol–water partition coefficient (Wildman–Crippen LogP) is 2.81. The number of hydrogen-bond acceptors (Lipinski definition) is 5. The SMILES string of the molecule is Cl.Cl.NC1CC(c2cc(N3CCN(C4Cc5ccccc5C4)CC3)ncn2)C1. The second kappa shape index (κ2) is 8.95. The minimum Gasteiger partial charge on any atom is -0.354 e. The van der Waals surface area contributed by atoms with E-state index < -0.39 is 0 Å². The van der Waals surface area contributed by atoms with E-state index in [1.54, 1.807) is 17.5 Å². The van der Waals surface area contributed by atoms with Crippen LogP contribution >= 0.6 is 24.8 Å². The maximum atomic E-state index is 5.93. The van der Waals surface area contributed by atoms with Crippen molar-refractivity contribution >= 4 is 30.6 Å². The minimum atomic E-state index is 0. The van der Waals surface area contributed by atoms with E-state index in [1.165, 1.54) is 18.5 Å². The summed E-state index contributed by atoms with van der Waals surface area (Å²) in [6.45, 7) is 4.33. The first kappa shape index (κ1) is 21.3. The fourth-order valence-corrected chi connectivity index (χ4v) is 4.77. The van der Waals surface area contributed by atoms with E-state index in [4.69, 9.17) is 5.73 Å². The molecule has 0 atom stereocenters. The van der Waals surface area contributed by atoms with Gasteiger partial charge in [0.05, 0.1) is 0 Å². The van der Waals surface area contributed by atoms with Gasteiger partial charge >= 0.3 is 0 Å². The number of hydrogen-bond donors (Lipinski definition) is 1. The molecule has 1 saturated carbocycles. The van der Waals surface area contributed by atoms with Gasteiger partial charge in [0.15, 0.2) is 0 Å². The number of aromatic nitrogens is 2. The summed E-state index contributed by atoms with van der Waals surface area (Å²) in [6, 6.07) is 12.1. The molecule has 1 saturated heterocycles. The average molecular weight is 422 g/mol. The van der Waals surface area contributed by atoms with E-state index in [1.807, 2.05) is 0 Å². The molecule has 7 heteroatoms. The number of anilines is 1. The topological polar surface area (TPSA) is 58.3 Å². The van der Waals surface area contributed by atoms with E-state index in [0.717, 1.165) is 44.8 Å². The zero-order valence-corrected chi connectivity index (χ0v) is 17.7. The van der Waals surface area contributed by atoms with Crippen molar-refractivity contribution in [2.24, 2.45) is 5.73 Å². The van der Waals surface area contributed by atoms with Crippen molar-refractivity contribution in [3.63, 3.8) is 0 Å². The standard InChI is InChI=1S/C21H27N5.2ClH/c22-18-9-17(10-18)20-13-21(24-14-23-20)26-7-5-25(6-8-26)19-11-15-3-1-2-4-16(15)12-19;;/h1-4,13-14,17-19H,5-12,22H2;2*1H. The number of halogens is 2. The molecule has 2 N–H and O–H groups in total. The molecule has 0 amide bonds. The summed E-state index contributed by atoms with van der Waals surface area (Å²) in [5, 5.41) is 0. The van der Waals surface area contributed by atoms with Gasteiger partial charge in [-0.2, -0.15) is 0 Å². The van der Waals surface area contributed by atoms with E-state index in [9.17, 15) is 0 Å². The van der Waals surface area contributed by atoms with Gasteiger partial charge in [-0.15, -0.1) is 24.8 Å². The van der Waals surface area contributed by atoms with Gasteiger partial charge in [-0.05, 0) is 36.8 Å². The fraction of sp³-hybridized carbons (Fsp3) is 0.524. The maximum absolute atomic E-state index is 5.93. The van der Waals surface area contributed by atoms with Crippen molar-refractivity contribution in [2.45, 2.75) is 43.7 Å². The normalized spacial score (nSPS) is 24.7. The number of benzene rings is 1. The van der Waals surface area contributed by atoms with Gasteiger partial charge in [-0.25, -0.2) is 9.97 Å². The van der Waals surface area contributed by atoms with Crippen molar-refractivity contribution in [3.8, 4) is 0 Å². The zero-order valence-electron chi connectivity index (χ0n) is 16.0. The second-order valence-electron chi connectivity index (χ2n) is 8.08. The van der Waals surface area contributed by atoms with Crippen LogP contribution < -0.4 is 10.6 Å². The molecule has 3 aliphatic rings. The molecule has 2 heterocycles. The Bertz CT molecular complexity index is 763. The highest BCUT2D eigenvalue weighted by atomic mass is 35.5. The Morgan fingerprint density at radius 1 is 0.893 bits per heavy atom. The molecule has 0 bridgehead atoms. The Kier molecular flexibility index (Phi) is 6.81. The van der Waals surface area contributed by atoms with Crippen molar-refractivity contribution in [2.75, 3.05) is 31.1 Å². The first-order valence-electron chi connectivity index (χ1n) is 9.89. The zero-order chi connectivity index (χ0) is 17.5. The number of nitrogens with two attached hydrogens (primary N) is 1. The third kappa shape index (κ3) is 4.13. The van der Waals surface area contributed by atoms with Gasteiger partial charge in [0.1, 0.15) is 12.1 Å². The molecule has 152 valence electrons. The molecule has 0 radical (unpaired) electrons. The molecule has 1 aromatic heterocycles. The summed E-state index contributed by atoms with van der Waals surface area (Å²) < 4.78 is 0. The van der Waals surface area contributed by atoms with Crippen molar-refractivity contribution in [1.82, 2.24) is 14.9 Å². The smallest absolute Gasteiger partial charge is 0.132 e. The Morgan fingerprint density at radius 3 is 2.14 bits per heavy atom. The van der Waals surface area contributed by atoms with Gasteiger partial charge < -0.3 is 10.6 Å². The lowest BCUT2D eigenvalue weighted by Gasteiger charge is -2.39. The lowest BCUT2D eigenvalue weighted by molar-refractivity contribution is 0.190. The molecule has 2 aliphatic carbocycles. The van der Waals surface area contributed by atoms with Gasteiger partial charge in [0.25, 0.3) is 0 Å². The van der Waals surface area contributed by atoms with Gasteiger partial charge in [0, 0.05) is 55.9 Å². The van der Waals surface area contributed by atoms with E-state index in [0.29, 0.717) is 18.0 Å². The highest BCUT2D eigenvalue weighted by Crippen LogP contribution is 2.35. The molecule has 0 unspecified atom stereocenters. The molecular formula is C21H29Cl2N5. The molecule has 2 fully saturated rings. The lowest BCUT2D eigenvalue weighted by Crippen LogP contribution is -2.51. The van der Waals surface area contributed by atoms with E-state index >= 15 is 0 Å². The Balaban J connectivity index is 0.00000112. The van der Waals surface area contributed by atoms with E-state index in [2.05, 4.69) is 50.1 Å². The third-order valence-electron chi connectivity index (χ3n) is 6.45. The molecule has 0 spiro atoms. The molecule has 2 aromatic rings. The van der Waals surface area contributed by atoms with Crippen LogP contribution in [-0.4, -0.2) is 53.1 Å². The van der Waals surface area contributed by atoms with Crippen LogP contribution in [0.5, 0.6) is 0 Å². The largest absolute Gasteiger partial charge is 0.354 e. The van der Waals surface area contributed by atoms with Gasteiger partial charge in [-0.1, -0.05) is 24.3 Å². The van der Waals surface area contributed by atoms with Crippen LogP contribution in [0.25, 0.3) is 0 Å². The first-order chi connectivity index (χ1) is 12.8. The van der Waals surface area contributed by atoms with Gasteiger partial charge in [-0.3, -0.25) is 4.90 Å². The predicted molar refractivity (Wildman–Crippen MR) is 118 cm³/mol. The third-order valence-corrected chi connectivity index (χ3v) is 6.45. The highest BCUT2D eigenvalue weighted by Gasteiger charge is 2.31. The lowest BCUT2D eigenvalue weighted by atomic mass is 9.78. The summed E-state index contributed by atoms with van der Waals surface area (Å²) in [5.41, 5.74) is 10.2. The van der Waals surface area contributed by atoms with Crippen LogP contribution in [0.4, 0.5) is 5.82 Å². The molecule has 28 heavy (non-hydrogen) atoms. The van der Waals surface area contributed by atoms with Crippen LogP contribution in [-0.2, 0) is 12.8 Å². The minimum absolute atomic E-state index is 0. The van der Waals surface area contributed by atoms with Crippen molar-refractivity contribution < 1.29 is 0 Å². The summed E-state index contributed by atoms with van der Waals surface area (Å²) in [4.78, 5) is 14.1. The van der Waals surface area contributed by atoms with Crippen LogP contribution in [0.2, 0.25) is 0 Å². The van der Waals surface area contributed by atoms with Crippen LogP contribution in [0, 0.1) is 0 Å². The van der Waals surface area contributed by atoms with Crippen LogP contribution in [0.15, 0.2) is 36.7 Å². The number of piperazine rings is 1. The second-order valence-corrected chi connectivity index (χ2v) is 8.08.